The topological polar surface area (TPSA) is 15.8 Å². The number of rotatable bonds is 4. The summed E-state index contributed by atoms with van der Waals surface area (Å²) in [4.78, 5) is 3.61. The summed E-state index contributed by atoms with van der Waals surface area (Å²) in [5.74, 6) is 0.745. The van der Waals surface area contributed by atoms with Crippen LogP contribution in [-0.4, -0.2) is 4.98 Å². The zero-order valence-electron chi connectivity index (χ0n) is 15.9. The van der Waals surface area contributed by atoms with Gasteiger partial charge in [0.1, 0.15) is 11.6 Å². The maximum atomic E-state index is 13.7. The van der Waals surface area contributed by atoms with Crippen molar-refractivity contribution in [3.8, 4) is 0 Å². The van der Waals surface area contributed by atoms with Crippen LogP contribution in [0.1, 0.15) is 61.3 Å². The van der Waals surface area contributed by atoms with Gasteiger partial charge in [0.05, 0.1) is 0 Å². The van der Waals surface area contributed by atoms with Crippen LogP contribution in [0.3, 0.4) is 0 Å². The first-order valence-corrected chi connectivity index (χ1v) is 10.1. The molecule has 1 aliphatic carbocycles. The highest BCUT2D eigenvalue weighted by molar-refractivity contribution is 5.84. The third-order valence-electron chi connectivity index (χ3n) is 6.31. The highest BCUT2D eigenvalue weighted by Gasteiger charge is 2.28. The Kier molecular flexibility index (Phi) is 5.29. The second kappa shape index (κ2) is 7.84. The maximum Gasteiger partial charge on any atom is 0.123 e. The Hall–Kier alpha value is -2.16. The van der Waals surface area contributed by atoms with Crippen molar-refractivity contribution in [1.29, 1.82) is 0 Å². The Balaban J connectivity index is 1.60. The van der Waals surface area contributed by atoms with E-state index in [0.29, 0.717) is 11.8 Å². The van der Waals surface area contributed by atoms with Crippen LogP contribution in [0.5, 0.6) is 0 Å². The highest BCUT2D eigenvalue weighted by Crippen LogP contribution is 2.41. The quantitative estimate of drug-likeness (QED) is 0.475. The molecule has 3 aromatic rings. The van der Waals surface area contributed by atoms with Crippen molar-refractivity contribution in [3.05, 3.63) is 70.9 Å². The Morgan fingerprint density at radius 1 is 0.926 bits per heavy atom. The molecule has 1 heterocycles. The van der Waals surface area contributed by atoms with E-state index < -0.39 is 0 Å². The highest BCUT2D eigenvalue weighted by atomic mass is 19.1. The van der Waals surface area contributed by atoms with Gasteiger partial charge in [-0.2, -0.15) is 0 Å². The van der Waals surface area contributed by atoms with E-state index in [1.165, 1.54) is 55.0 Å². The van der Waals surface area contributed by atoms with Crippen molar-refractivity contribution in [1.82, 2.24) is 4.98 Å². The lowest BCUT2D eigenvalue weighted by atomic mass is 9.80. The Bertz CT molecular complexity index is 910. The Morgan fingerprint density at radius 3 is 2.48 bits per heavy atom. The molecule has 0 bridgehead atoms. The van der Waals surface area contributed by atoms with E-state index in [2.05, 4.69) is 11.9 Å². The van der Waals surface area contributed by atoms with Crippen LogP contribution in [0.2, 0.25) is 0 Å². The molecular formula is C24H27F2N. The molecule has 1 aromatic heterocycles. The minimum absolute atomic E-state index is 0.174. The van der Waals surface area contributed by atoms with Gasteiger partial charge in [-0.1, -0.05) is 31.4 Å². The van der Waals surface area contributed by atoms with E-state index in [1.54, 1.807) is 18.2 Å². The molecule has 0 spiro atoms. The summed E-state index contributed by atoms with van der Waals surface area (Å²) in [5, 5.41) is 1.01. The predicted octanol–water partition coefficient (Wildman–Crippen LogP) is 7.05. The fraction of sp³-hybridized carbons (Fsp3) is 0.417. The predicted molar refractivity (Wildman–Crippen MR) is 107 cm³/mol. The Morgan fingerprint density at radius 2 is 1.67 bits per heavy atom. The van der Waals surface area contributed by atoms with Gasteiger partial charge in [-0.05, 0) is 80.0 Å². The average Bonchev–Trinajstić information content (AvgIpc) is 2.84. The third-order valence-corrected chi connectivity index (χ3v) is 6.31. The van der Waals surface area contributed by atoms with Crippen LogP contribution in [-0.2, 0) is 6.42 Å². The van der Waals surface area contributed by atoms with Gasteiger partial charge in [0.2, 0.25) is 0 Å². The molecule has 2 aromatic carbocycles. The molecule has 0 radical (unpaired) electrons. The van der Waals surface area contributed by atoms with Gasteiger partial charge in [-0.15, -0.1) is 0 Å². The lowest BCUT2D eigenvalue weighted by Gasteiger charge is -2.25. The fourth-order valence-corrected chi connectivity index (χ4v) is 4.80. The van der Waals surface area contributed by atoms with Crippen molar-refractivity contribution in [2.75, 3.05) is 0 Å². The van der Waals surface area contributed by atoms with E-state index in [1.807, 2.05) is 18.2 Å². The number of fused-ring (bicyclic) bond motifs is 1. The monoisotopic (exact) mass is 367 g/mol. The molecule has 0 amide bonds. The number of hydrogen-bond donors (Lipinski definition) is 1. The largest absolute Gasteiger partial charge is 0.358 e. The van der Waals surface area contributed by atoms with E-state index in [-0.39, 0.29) is 11.6 Å². The molecule has 0 aliphatic heterocycles. The minimum atomic E-state index is -0.176. The van der Waals surface area contributed by atoms with Gasteiger partial charge in [0.15, 0.2) is 0 Å². The van der Waals surface area contributed by atoms with Crippen LogP contribution < -0.4 is 0 Å². The first-order valence-electron chi connectivity index (χ1n) is 10.1. The van der Waals surface area contributed by atoms with Crippen molar-refractivity contribution in [3.63, 3.8) is 0 Å². The number of benzene rings is 2. The number of aromatic nitrogens is 1. The molecule has 1 N–H and O–H groups in total. The number of aromatic amines is 1. The molecule has 1 nitrogen and oxygen atoms in total. The molecule has 2 atom stereocenters. The molecule has 3 heteroatoms. The van der Waals surface area contributed by atoms with Crippen molar-refractivity contribution >= 4 is 10.9 Å². The van der Waals surface area contributed by atoms with Crippen LogP contribution in [0.4, 0.5) is 8.78 Å². The van der Waals surface area contributed by atoms with Crippen LogP contribution in [0, 0.1) is 24.5 Å². The first kappa shape index (κ1) is 18.2. The van der Waals surface area contributed by atoms with Crippen molar-refractivity contribution in [2.24, 2.45) is 5.92 Å². The molecule has 2 unspecified atom stereocenters. The van der Waals surface area contributed by atoms with E-state index in [9.17, 15) is 8.78 Å². The summed E-state index contributed by atoms with van der Waals surface area (Å²) in [6.07, 6.45) is 8.32. The van der Waals surface area contributed by atoms with Gasteiger partial charge < -0.3 is 4.98 Å². The maximum absolute atomic E-state index is 13.7. The first-order chi connectivity index (χ1) is 13.1. The summed E-state index contributed by atoms with van der Waals surface area (Å²) in [6.45, 7) is 2.12. The molecule has 1 fully saturated rings. The molecule has 27 heavy (non-hydrogen) atoms. The summed E-state index contributed by atoms with van der Waals surface area (Å²) < 4.78 is 26.9. The number of aryl methyl sites for hydroxylation is 2. The van der Waals surface area contributed by atoms with E-state index in [0.717, 1.165) is 23.7 Å². The minimum Gasteiger partial charge on any atom is -0.358 e. The lowest BCUT2D eigenvalue weighted by molar-refractivity contribution is 0.368. The van der Waals surface area contributed by atoms with Crippen LogP contribution >= 0.6 is 0 Å². The second-order valence-corrected chi connectivity index (χ2v) is 8.02. The van der Waals surface area contributed by atoms with Gasteiger partial charge in [0, 0.05) is 22.5 Å². The third kappa shape index (κ3) is 3.92. The zero-order valence-corrected chi connectivity index (χ0v) is 15.9. The van der Waals surface area contributed by atoms with Crippen molar-refractivity contribution in [2.45, 2.75) is 57.8 Å². The number of H-pyrrole nitrogens is 1. The number of nitrogens with one attached hydrogen (secondary N) is 1. The van der Waals surface area contributed by atoms with Crippen molar-refractivity contribution < 1.29 is 8.78 Å². The molecule has 1 aliphatic rings. The van der Waals surface area contributed by atoms with Gasteiger partial charge in [0.25, 0.3) is 0 Å². The van der Waals surface area contributed by atoms with Gasteiger partial charge >= 0.3 is 0 Å². The molecule has 142 valence electrons. The number of halogens is 2. The van der Waals surface area contributed by atoms with Crippen LogP contribution in [0.25, 0.3) is 10.9 Å². The lowest BCUT2D eigenvalue weighted by Crippen LogP contribution is -2.14. The van der Waals surface area contributed by atoms with E-state index >= 15 is 0 Å². The summed E-state index contributed by atoms with van der Waals surface area (Å²) >= 11 is 0. The standard InChI is InChI=1S/C24H27F2N/c1-16-22-15-20(26)13-14-23(22)27-24(16)21-6-4-2-3-5-18(21)10-7-17-8-11-19(25)12-9-17/h8-9,11-15,18,21,27H,2-7,10H2,1H3. The molecule has 0 saturated heterocycles. The summed E-state index contributed by atoms with van der Waals surface area (Å²) in [7, 11) is 0. The molecular weight excluding hydrogens is 340 g/mol. The van der Waals surface area contributed by atoms with Gasteiger partial charge in [-0.3, -0.25) is 0 Å². The van der Waals surface area contributed by atoms with Crippen LogP contribution in [0.15, 0.2) is 42.5 Å². The number of hydrogen-bond acceptors (Lipinski definition) is 0. The smallest absolute Gasteiger partial charge is 0.123 e. The normalized spacial score (nSPS) is 20.7. The summed E-state index contributed by atoms with van der Waals surface area (Å²) in [6, 6.07) is 11.9. The second-order valence-electron chi connectivity index (χ2n) is 8.02. The molecule has 4 rings (SSSR count). The average molecular weight is 367 g/mol. The summed E-state index contributed by atoms with van der Waals surface area (Å²) in [5.41, 5.74) is 4.73. The molecule has 1 saturated carbocycles. The van der Waals surface area contributed by atoms with Gasteiger partial charge in [-0.25, -0.2) is 8.78 Å². The zero-order chi connectivity index (χ0) is 18.8. The Labute approximate surface area is 159 Å². The van der Waals surface area contributed by atoms with E-state index in [4.69, 9.17) is 0 Å². The SMILES string of the molecule is Cc1c(C2CCCCCC2CCc2ccc(F)cc2)[nH]c2ccc(F)cc12. The fourth-order valence-electron chi connectivity index (χ4n) is 4.80.